The summed E-state index contributed by atoms with van der Waals surface area (Å²) < 4.78 is 0. The molecule has 5 nitrogen and oxygen atoms in total. The first-order chi connectivity index (χ1) is 10.3. The molecule has 2 aliphatic carbocycles. The van der Waals surface area contributed by atoms with Crippen molar-refractivity contribution in [3.05, 3.63) is 12.3 Å². The van der Waals surface area contributed by atoms with Gasteiger partial charge in [-0.25, -0.2) is 4.98 Å². The number of hydrogen-bond acceptors (Lipinski definition) is 5. The van der Waals surface area contributed by atoms with Gasteiger partial charge in [-0.2, -0.15) is 4.98 Å². The average Bonchev–Trinajstić information content (AvgIpc) is 3.11. The largest absolute Gasteiger partial charge is 0.354 e. The first kappa shape index (κ1) is 13.3. The molecule has 2 unspecified atom stereocenters. The van der Waals surface area contributed by atoms with Crippen molar-refractivity contribution >= 4 is 11.8 Å². The highest BCUT2D eigenvalue weighted by molar-refractivity contribution is 5.43. The number of aromatic nitrogens is 2. The third kappa shape index (κ3) is 2.71. The quantitative estimate of drug-likeness (QED) is 0.919. The molecule has 21 heavy (non-hydrogen) atoms. The molecule has 1 aliphatic heterocycles. The monoisotopic (exact) mass is 287 g/mol. The van der Waals surface area contributed by atoms with Crippen LogP contribution >= 0.6 is 0 Å². The van der Waals surface area contributed by atoms with Gasteiger partial charge in [0.15, 0.2) is 0 Å². The molecule has 2 heterocycles. The van der Waals surface area contributed by atoms with E-state index in [1.54, 1.807) is 0 Å². The van der Waals surface area contributed by atoms with E-state index in [9.17, 15) is 0 Å². The second kappa shape index (κ2) is 5.44. The summed E-state index contributed by atoms with van der Waals surface area (Å²) in [6.45, 7) is 4.33. The normalized spacial score (nSPS) is 32.6. The Balaban J connectivity index is 1.43. The van der Waals surface area contributed by atoms with E-state index in [1.807, 2.05) is 12.3 Å². The summed E-state index contributed by atoms with van der Waals surface area (Å²) in [6, 6.07) is 2.64. The van der Waals surface area contributed by atoms with Crippen LogP contribution in [0.15, 0.2) is 12.3 Å². The van der Waals surface area contributed by atoms with Crippen molar-refractivity contribution in [2.75, 3.05) is 43.4 Å². The van der Waals surface area contributed by atoms with E-state index < -0.39 is 0 Å². The van der Waals surface area contributed by atoms with Crippen molar-refractivity contribution in [2.24, 2.45) is 11.8 Å². The van der Waals surface area contributed by atoms with Crippen LogP contribution in [0, 0.1) is 11.8 Å². The minimum absolute atomic E-state index is 0.603. The minimum Gasteiger partial charge on any atom is -0.354 e. The van der Waals surface area contributed by atoms with Crippen LogP contribution in [-0.4, -0.2) is 54.1 Å². The summed E-state index contributed by atoms with van der Waals surface area (Å²) in [5.41, 5.74) is 0. The molecule has 3 aliphatic rings. The summed E-state index contributed by atoms with van der Waals surface area (Å²) in [4.78, 5) is 13.9. The van der Waals surface area contributed by atoms with Crippen LogP contribution in [0.4, 0.5) is 11.8 Å². The lowest BCUT2D eigenvalue weighted by Gasteiger charge is -2.33. The van der Waals surface area contributed by atoms with E-state index in [0.717, 1.165) is 49.8 Å². The molecule has 0 aromatic carbocycles. The van der Waals surface area contributed by atoms with Crippen LogP contribution in [0.2, 0.25) is 0 Å². The summed E-state index contributed by atoms with van der Waals surface area (Å²) in [6.07, 6.45) is 7.45. The van der Waals surface area contributed by atoms with E-state index >= 15 is 0 Å². The molecule has 0 spiro atoms. The van der Waals surface area contributed by atoms with Crippen LogP contribution in [0.25, 0.3) is 0 Å². The Morgan fingerprint density at radius 2 is 2.00 bits per heavy atom. The molecular weight excluding hydrogens is 262 g/mol. The average molecular weight is 287 g/mol. The number of nitrogens with one attached hydrogen (secondary N) is 1. The van der Waals surface area contributed by atoms with Gasteiger partial charge in [-0.05, 0) is 44.2 Å². The van der Waals surface area contributed by atoms with E-state index in [-0.39, 0.29) is 0 Å². The first-order valence-corrected chi connectivity index (χ1v) is 8.31. The van der Waals surface area contributed by atoms with Gasteiger partial charge in [0.2, 0.25) is 5.95 Å². The SMILES string of the molecule is CN1CCN(c2ccnc(NC3CC4CC[C@@H]3C4)n2)CC1. The number of rotatable bonds is 3. The maximum atomic E-state index is 4.75. The van der Waals surface area contributed by atoms with Gasteiger partial charge in [-0.3, -0.25) is 0 Å². The van der Waals surface area contributed by atoms with Gasteiger partial charge in [0, 0.05) is 38.4 Å². The summed E-state index contributed by atoms with van der Waals surface area (Å²) in [7, 11) is 2.18. The lowest BCUT2D eigenvalue weighted by molar-refractivity contribution is 0.312. The van der Waals surface area contributed by atoms with Gasteiger partial charge in [0.05, 0.1) is 0 Å². The zero-order valence-electron chi connectivity index (χ0n) is 12.8. The molecule has 2 saturated carbocycles. The van der Waals surface area contributed by atoms with Gasteiger partial charge in [0.1, 0.15) is 5.82 Å². The van der Waals surface area contributed by atoms with Gasteiger partial charge in [-0.15, -0.1) is 0 Å². The molecule has 1 aromatic heterocycles. The molecular formula is C16H25N5. The number of anilines is 2. The molecule has 5 heteroatoms. The van der Waals surface area contributed by atoms with Crippen LogP contribution in [-0.2, 0) is 0 Å². The summed E-state index contributed by atoms with van der Waals surface area (Å²) in [5.74, 6) is 3.70. The predicted molar refractivity (Wildman–Crippen MR) is 84.6 cm³/mol. The van der Waals surface area contributed by atoms with Crippen molar-refractivity contribution in [1.29, 1.82) is 0 Å². The van der Waals surface area contributed by atoms with Gasteiger partial charge in [0.25, 0.3) is 0 Å². The molecule has 0 radical (unpaired) electrons. The Morgan fingerprint density at radius 3 is 2.71 bits per heavy atom. The molecule has 4 rings (SSSR count). The highest BCUT2D eigenvalue weighted by Gasteiger charge is 2.39. The molecule has 1 N–H and O–H groups in total. The highest BCUT2D eigenvalue weighted by atomic mass is 15.3. The topological polar surface area (TPSA) is 44.3 Å². The van der Waals surface area contributed by atoms with E-state index in [1.165, 1.54) is 25.7 Å². The molecule has 1 saturated heterocycles. The Hall–Kier alpha value is -1.36. The third-order valence-corrected chi connectivity index (χ3v) is 5.52. The van der Waals surface area contributed by atoms with Crippen LogP contribution in [0.3, 0.4) is 0 Å². The number of hydrogen-bond donors (Lipinski definition) is 1. The second-order valence-corrected chi connectivity index (χ2v) is 6.95. The van der Waals surface area contributed by atoms with E-state index in [2.05, 4.69) is 27.1 Å². The maximum absolute atomic E-state index is 4.75. The Kier molecular flexibility index (Phi) is 3.45. The molecule has 3 fully saturated rings. The number of piperazine rings is 1. The van der Waals surface area contributed by atoms with Crippen molar-refractivity contribution in [2.45, 2.75) is 31.7 Å². The van der Waals surface area contributed by atoms with Crippen LogP contribution in [0.5, 0.6) is 0 Å². The van der Waals surface area contributed by atoms with Crippen LogP contribution in [0.1, 0.15) is 25.7 Å². The lowest BCUT2D eigenvalue weighted by Crippen LogP contribution is -2.44. The number of fused-ring (bicyclic) bond motifs is 2. The summed E-state index contributed by atoms with van der Waals surface area (Å²) >= 11 is 0. The fourth-order valence-corrected chi connectivity index (χ4v) is 4.22. The summed E-state index contributed by atoms with van der Waals surface area (Å²) in [5, 5.41) is 3.60. The lowest BCUT2D eigenvalue weighted by atomic mass is 9.95. The smallest absolute Gasteiger partial charge is 0.224 e. The molecule has 114 valence electrons. The fourth-order valence-electron chi connectivity index (χ4n) is 4.22. The van der Waals surface area contributed by atoms with Gasteiger partial charge >= 0.3 is 0 Å². The third-order valence-electron chi connectivity index (χ3n) is 5.52. The van der Waals surface area contributed by atoms with Gasteiger partial charge < -0.3 is 15.1 Å². The van der Waals surface area contributed by atoms with Crippen molar-refractivity contribution < 1.29 is 0 Å². The van der Waals surface area contributed by atoms with Crippen molar-refractivity contribution in [1.82, 2.24) is 14.9 Å². The first-order valence-electron chi connectivity index (χ1n) is 8.31. The highest BCUT2D eigenvalue weighted by Crippen LogP contribution is 2.45. The molecule has 2 bridgehead atoms. The van der Waals surface area contributed by atoms with E-state index in [0.29, 0.717) is 6.04 Å². The number of likely N-dealkylation sites (N-methyl/N-ethyl adjacent to an activating group) is 1. The van der Waals surface area contributed by atoms with E-state index in [4.69, 9.17) is 4.98 Å². The molecule has 1 aromatic rings. The Morgan fingerprint density at radius 1 is 1.14 bits per heavy atom. The van der Waals surface area contributed by atoms with Crippen molar-refractivity contribution in [3.63, 3.8) is 0 Å². The molecule has 0 amide bonds. The molecule has 3 atom stereocenters. The maximum Gasteiger partial charge on any atom is 0.224 e. The Bertz CT molecular complexity index is 497. The second-order valence-electron chi connectivity index (χ2n) is 6.95. The fraction of sp³-hybridized carbons (Fsp3) is 0.750. The van der Waals surface area contributed by atoms with Crippen LogP contribution < -0.4 is 10.2 Å². The van der Waals surface area contributed by atoms with Gasteiger partial charge in [-0.1, -0.05) is 6.42 Å². The zero-order valence-corrected chi connectivity index (χ0v) is 12.8. The standard InChI is InChI=1S/C16H25N5/c1-20-6-8-21(9-7-20)15-4-5-17-16(19-15)18-14-11-12-2-3-13(14)10-12/h4-5,12-14H,2-3,6-11H2,1H3,(H,17,18,19)/t12?,13-,14?/m1/s1. The predicted octanol–water partition coefficient (Wildman–Crippen LogP) is 1.83. The minimum atomic E-state index is 0.603. The Labute approximate surface area is 126 Å². The zero-order chi connectivity index (χ0) is 14.2. The number of nitrogens with zero attached hydrogens (tertiary/aromatic N) is 4. The van der Waals surface area contributed by atoms with Crippen molar-refractivity contribution in [3.8, 4) is 0 Å².